The maximum Gasteiger partial charge on any atom is 0.403 e. The second-order valence-corrected chi connectivity index (χ2v) is 4.18. The van der Waals surface area contributed by atoms with Crippen LogP contribution in [0.5, 0.6) is 0 Å². The van der Waals surface area contributed by atoms with Crippen molar-refractivity contribution in [1.29, 1.82) is 0 Å². The van der Waals surface area contributed by atoms with Crippen LogP contribution in [0.1, 0.15) is 13.8 Å². The normalized spacial score (nSPS) is 41.2. The highest BCUT2D eigenvalue weighted by molar-refractivity contribution is 7.51. The second-order valence-electron chi connectivity index (χ2n) is 2.66. The predicted octanol–water partition coefficient (Wildman–Crippen LogP) is 0.879. The smallest absolute Gasteiger partial charge is 0.294 e. The van der Waals surface area contributed by atoms with E-state index < -0.39 is 13.3 Å². The largest absolute Gasteiger partial charge is 0.403 e. The van der Waals surface area contributed by atoms with Gasteiger partial charge in [-0.25, -0.2) is 10.1 Å². The highest BCUT2D eigenvalue weighted by Crippen LogP contribution is 2.50. The van der Waals surface area contributed by atoms with Gasteiger partial charge in [0, 0.05) is 0 Å². The highest BCUT2D eigenvalue weighted by atomic mass is 31.2. The fourth-order valence-electron chi connectivity index (χ4n) is 0.643. The van der Waals surface area contributed by atoms with Gasteiger partial charge in [0.05, 0.1) is 12.2 Å². The van der Waals surface area contributed by atoms with E-state index in [-0.39, 0.29) is 0 Å². The molecule has 1 rings (SSSR count). The predicted molar refractivity (Wildman–Crippen MR) is 32.9 cm³/mol. The van der Waals surface area contributed by atoms with Crippen LogP contribution in [-0.4, -0.2) is 12.2 Å². The maximum absolute atomic E-state index is 10.8. The standard InChI is InChI=1S/C4H10NO3P/c1-4(2)3-7-9(5,6)8-4/h3H2,1-2H3,(H2,5,6). The molecule has 1 unspecified atom stereocenters. The summed E-state index contributed by atoms with van der Waals surface area (Å²) >= 11 is 0. The summed E-state index contributed by atoms with van der Waals surface area (Å²) < 4.78 is 20.3. The topological polar surface area (TPSA) is 61.5 Å². The molecule has 1 aliphatic rings. The van der Waals surface area contributed by atoms with Crippen molar-refractivity contribution in [2.24, 2.45) is 5.50 Å². The summed E-state index contributed by atoms with van der Waals surface area (Å²) in [5, 5.41) is 0. The van der Waals surface area contributed by atoms with Crippen molar-refractivity contribution in [2.75, 3.05) is 6.61 Å². The van der Waals surface area contributed by atoms with Crippen LogP contribution in [0.15, 0.2) is 0 Å². The molecule has 0 spiro atoms. The van der Waals surface area contributed by atoms with Crippen LogP contribution >= 0.6 is 7.75 Å². The Bertz CT molecular complexity index is 167. The molecular formula is C4H10NO3P. The maximum atomic E-state index is 10.8. The van der Waals surface area contributed by atoms with Crippen molar-refractivity contribution < 1.29 is 13.6 Å². The van der Waals surface area contributed by atoms with E-state index in [0.717, 1.165) is 0 Å². The minimum absolute atomic E-state index is 0.306. The molecule has 0 aromatic heterocycles. The van der Waals surface area contributed by atoms with Gasteiger partial charge in [0.25, 0.3) is 0 Å². The Morgan fingerprint density at radius 1 is 1.67 bits per heavy atom. The van der Waals surface area contributed by atoms with Crippen LogP contribution in [0.4, 0.5) is 0 Å². The van der Waals surface area contributed by atoms with E-state index in [1.54, 1.807) is 13.8 Å². The summed E-state index contributed by atoms with van der Waals surface area (Å²) in [5.74, 6) is 0. The molecule has 0 radical (unpaired) electrons. The molecule has 1 saturated heterocycles. The van der Waals surface area contributed by atoms with Crippen LogP contribution in [0.2, 0.25) is 0 Å². The molecule has 0 saturated carbocycles. The summed E-state index contributed by atoms with van der Waals surface area (Å²) in [6.07, 6.45) is 0. The van der Waals surface area contributed by atoms with Crippen molar-refractivity contribution in [3.63, 3.8) is 0 Å². The lowest BCUT2D eigenvalue weighted by Gasteiger charge is -2.12. The Hall–Kier alpha value is 0.110. The van der Waals surface area contributed by atoms with Crippen molar-refractivity contribution in [3.05, 3.63) is 0 Å². The van der Waals surface area contributed by atoms with Crippen molar-refractivity contribution in [3.8, 4) is 0 Å². The molecule has 1 fully saturated rings. The minimum Gasteiger partial charge on any atom is -0.294 e. The third kappa shape index (κ3) is 1.76. The second kappa shape index (κ2) is 1.80. The van der Waals surface area contributed by atoms with Gasteiger partial charge in [-0.05, 0) is 13.8 Å². The van der Waals surface area contributed by atoms with E-state index in [1.807, 2.05) is 0 Å². The first kappa shape index (κ1) is 7.22. The third-order valence-electron chi connectivity index (χ3n) is 0.966. The molecule has 2 N–H and O–H groups in total. The van der Waals surface area contributed by atoms with E-state index in [4.69, 9.17) is 10.0 Å². The highest BCUT2D eigenvalue weighted by Gasteiger charge is 2.38. The van der Waals surface area contributed by atoms with E-state index in [2.05, 4.69) is 4.52 Å². The summed E-state index contributed by atoms with van der Waals surface area (Å²) in [7, 11) is -3.16. The van der Waals surface area contributed by atoms with E-state index in [0.29, 0.717) is 6.61 Å². The van der Waals surface area contributed by atoms with E-state index in [9.17, 15) is 4.57 Å². The van der Waals surface area contributed by atoms with Gasteiger partial charge in [-0.2, -0.15) is 0 Å². The number of rotatable bonds is 0. The Morgan fingerprint density at radius 2 is 2.22 bits per heavy atom. The Morgan fingerprint density at radius 3 is 2.33 bits per heavy atom. The first-order valence-corrected chi connectivity index (χ1v) is 4.26. The van der Waals surface area contributed by atoms with Gasteiger partial charge < -0.3 is 0 Å². The molecule has 0 aliphatic carbocycles. The fourth-order valence-corrected chi connectivity index (χ4v) is 1.93. The summed E-state index contributed by atoms with van der Waals surface area (Å²) in [4.78, 5) is 0. The van der Waals surface area contributed by atoms with Gasteiger partial charge in [-0.3, -0.25) is 9.05 Å². The quantitative estimate of drug-likeness (QED) is 0.522. The van der Waals surface area contributed by atoms with Crippen molar-refractivity contribution in [1.82, 2.24) is 0 Å². The first-order valence-electron chi connectivity index (χ1n) is 2.65. The SMILES string of the molecule is CC1(C)COP(N)(=O)O1. The zero-order valence-corrected chi connectivity index (χ0v) is 6.35. The molecule has 54 valence electrons. The molecule has 5 heteroatoms. The molecule has 4 nitrogen and oxygen atoms in total. The molecule has 0 aromatic carbocycles. The zero-order valence-electron chi connectivity index (χ0n) is 5.46. The van der Waals surface area contributed by atoms with Crippen molar-refractivity contribution >= 4 is 7.75 Å². The van der Waals surface area contributed by atoms with Gasteiger partial charge in [-0.1, -0.05) is 0 Å². The fraction of sp³-hybridized carbons (Fsp3) is 1.00. The van der Waals surface area contributed by atoms with Gasteiger partial charge in [0.2, 0.25) is 0 Å². The average molecular weight is 151 g/mol. The summed E-state index contributed by atoms with van der Waals surface area (Å²) in [6.45, 7) is 3.86. The van der Waals surface area contributed by atoms with Crippen LogP contribution in [0.25, 0.3) is 0 Å². The van der Waals surface area contributed by atoms with Crippen LogP contribution in [0, 0.1) is 0 Å². The number of nitrogens with two attached hydrogens (primary N) is 1. The molecular weight excluding hydrogens is 141 g/mol. The minimum atomic E-state index is -3.16. The lowest BCUT2D eigenvalue weighted by atomic mass is 10.2. The molecule has 9 heavy (non-hydrogen) atoms. The van der Waals surface area contributed by atoms with E-state index >= 15 is 0 Å². The third-order valence-corrected chi connectivity index (χ3v) is 2.20. The number of hydrogen-bond donors (Lipinski definition) is 1. The molecule has 1 atom stereocenters. The summed E-state index contributed by atoms with van der Waals surface area (Å²) in [5.41, 5.74) is 4.58. The number of hydrogen-bond acceptors (Lipinski definition) is 3. The molecule has 0 amide bonds. The zero-order chi connectivity index (χ0) is 7.12. The average Bonchev–Trinajstić information content (AvgIpc) is 1.78. The lowest BCUT2D eigenvalue weighted by molar-refractivity contribution is 0.138. The van der Waals surface area contributed by atoms with Crippen LogP contribution < -0.4 is 5.50 Å². The molecule has 0 aromatic rings. The van der Waals surface area contributed by atoms with Crippen molar-refractivity contribution in [2.45, 2.75) is 19.4 Å². The first-order chi connectivity index (χ1) is 3.91. The van der Waals surface area contributed by atoms with Crippen LogP contribution in [0.3, 0.4) is 0 Å². The van der Waals surface area contributed by atoms with Gasteiger partial charge in [0.1, 0.15) is 0 Å². The molecule has 1 heterocycles. The lowest BCUT2D eigenvalue weighted by Crippen LogP contribution is -2.20. The van der Waals surface area contributed by atoms with Gasteiger partial charge in [-0.15, -0.1) is 0 Å². The Kier molecular flexibility index (Phi) is 1.44. The summed E-state index contributed by atoms with van der Waals surface area (Å²) in [6, 6.07) is 0. The van der Waals surface area contributed by atoms with E-state index in [1.165, 1.54) is 0 Å². The van der Waals surface area contributed by atoms with Crippen LogP contribution in [-0.2, 0) is 13.6 Å². The Labute approximate surface area is 53.9 Å². The molecule has 0 bridgehead atoms. The van der Waals surface area contributed by atoms with Gasteiger partial charge in [0.15, 0.2) is 0 Å². The monoisotopic (exact) mass is 151 g/mol. The Balaban J connectivity index is 2.69. The molecule has 1 aliphatic heterocycles. The van der Waals surface area contributed by atoms with Gasteiger partial charge >= 0.3 is 7.75 Å².